The summed E-state index contributed by atoms with van der Waals surface area (Å²) in [6.45, 7) is 0. The van der Waals surface area contributed by atoms with Crippen LogP contribution in [0.2, 0.25) is 0 Å². The summed E-state index contributed by atoms with van der Waals surface area (Å²) < 4.78 is 0. The van der Waals surface area contributed by atoms with E-state index in [1.807, 2.05) is 11.8 Å². The van der Waals surface area contributed by atoms with Crippen LogP contribution in [0.1, 0.15) is 103 Å². The number of anilines is 2. The Morgan fingerprint density at radius 1 is 0.429 bits per heavy atom. The Morgan fingerprint density at radius 3 is 1.43 bits per heavy atom. The van der Waals surface area contributed by atoms with Gasteiger partial charge in [-0.25, -0.2) is 0 Å². The van der Waals surface area contributed by atoms with Gasteiger partial charge in [0.15, 0.2) is 0 Å². The maximum absolute atomic E-state index is 3.40. The Hall–Kier alpha value is -0.830. The van der Waals surface area contributed by atoms with E-state index in [0.29, 0.717) is 18.1 Å². The lowest BCUT2D eigenvalue weighted by molar-refractivity contribution is -0.210. The number of piperazine rings is 2. The second-order valence-electron chi connectivity index (χ2n) is 17.6. The lowest BCUT2D eigenvalue weighted by Gasteiger charge is -2.75. The van der Waals surface area contributed by atoms with Gasteiger partial charge in [-0.05, 0) is 88.5 Å². The molecule has 260 valence electrons. The fraction of sp³-hybridized carbons (Fsp3) is 0.714. The SMILES string of the molecule is c1ccc2c(c1)Sc1ccccc1N2C1CC2C3C(C1)N1C4CCCCC4SC4CCCC(C41)N3C1CCCC3SC4CCCCC4N2C31. The first-order valence-corrected chi connectivity index (χ1v) is 23.3. The van der Waals surface area contributed by atoms with Gasteiger partial charge in [0, 0.05) is 91.2 Å². The normalized spacial score (nSPS) is 47.0. The van der Waals surface area contributed by atoms with Gasteiger partial charge in [0.2, 0.25) is 0 Å². The van der Waals surface area contributed by atoms with Crippen LogP contribution in [0.3, 0.4) is 0 Å². The summed E-state index contributed by atoms with van der Waals surface area (Å²) >= 11 is 7.01. The minimum atomic E-state index is 0.543. The Labute approximate surface area is 307 Å². The van der Waals surface area contributed by atoms with E-state index in [9.17, 15) is 0 Å². The fourth-order valence-corrected chi connectivity index (χ4v) is 19.2. The standard InChI is InChI=1S/C42H54N4S3/c1-5-17-34-26(11-1)43(27-12-2-6-18-35(27)47-34)25-23-32-40-33(24-25)45-29-14-4-8-20-37(29)49-39-22-10-16-31(42(39)45)46(40)30-15-9-21-38-41(30)44(32)28-13-3-7-19-36(28)48-38/h1-2,5-6,11-12,17-18,25,28-33,36-42H,3-4,7-10,13-16,19-24H2. The van der Waals surface area contributed by atoms with E-state index < -0.39 is 0 Å². The zero-order valence-electron chi connectivity index (χ0n) is 29.0. The fourth-order valence-electron chi connectivity index (χ4n) is 14.2. The molecule has 0 radical (unpaired) electrons. The van der Waals surface area contributed by atoms with Gasteiger partial charge in [-0.3, -0.25) is 14.7 Å². The smallest absolute Gasteiger partial charge is 0.0555 e. The topological polar surface area (TPSA) is 13.0 Å². The minimum absolute atomic E-state index is 0.543. The van der Waals surface area contributed by atoms with Crippen LogP contribution in [0.5, 0.6) is 0 Å². The number of rotatable bonds is 1. The number of nitrogens with zero attached hydrogens (tertiary/aromatic N) is 4. The molecule has 7 heteroatoms. The van der Waals surface area contributed by atoms with Crippen molar-refractivity contribution >= 4 is 46.7 Å². The van der Waals surface area contributed by atoms with E-state index in [2.05, 4.69) is 91.7 Å². The highest BCUT2D eigenvalue weighted by atomic mass is 32.2. The third-order valence-electron chi connectivity index (χ3n) is 15.5. The quantitative estimate of drug-likeness (QED) is 0.289. The Kier molecular flexibility index (Phi) is 7.39. The van der Waals surface area contributed by atoms with Crippen molar-refractivity contribution in [2.45, 2.75) is 194 Å². The summed E-state index contributed by atoms with van der Waals surface area (Å²) in [6, 6.07) is 26.3. The van der Waals surface area contributed by atoms with Crippen LogP contribution in [0, 0.1) is 0 Å². The highest BCUT2D eigenvalue weighted by Gasteiger charge is 2.67. The van der Waals surface area contributed by atoms with Crippen molar-refractivity contribution in [3.05, 3.63) is 48.5 Å². The number of hydrogen-bond acceptors (Lipinski definition) is 7. The molecule has 0 N–H and O–H groups in total. The van der Waals surface area contributed by atoms with Crippen molar-refractivity contribution in [3.63, 3.8) is 0 Å². The molecule has 5 heterocycles. The van der Waals surface area contributed by atoms with E-state index >= 15 is 0 Å². The molecule has 2 aromatic carbocycles. The predicted molar refractivity (Wildman–Crippen MR) is 207 cm³/mol. The molecule has 4 nitrogen and oxygen atoms in total. The molecule has 0 aromatic heterocycles. The van der Waals surface area contributed by atoms with Crippen LogP contribution in [-0.4, -0.2) is 96.1 Å². The molecule has 0 amide bonds. The number of fused-ring (bicyclic) bond motifs is 10. The molecule has 4 saturated heterocycles. The monoisotopic (exact) mass is 710 g/mol. The molecule has 12 atom stereocenters. The molecule has 10 aliphatic rings. The maximum atomic E-state index is 3.40. The van der Waals surface area contributed by atoms with Gasteiger partial charge in [-0.2, -0.15) is 23.5 Å². The molecule has 12 unspecified atom stereocenters. The van der Waals surface area contributed by atoms with E-state index in [1.54, 1.807) is 0 Å². The van der Waals surface area contributed by atoms with E-state index in [4.69, 9.17) is 0 Å². The van der Waals surface area contributed by atoms with Gasteiger partial charge in [0.25, 0.3) is 0 Å². The summed E-state index contributed by atoms with van der Waals surface area (Å²) in [7, 11) is 0. The average molecular weight is 711 g/mol. The lowest BCUT2D eigenvalue weighted by atomic mass is 9.66. The van der Waals surface area contributed by atoms with Crippen molar-refractivity contribution in [2.24, 2.45) is 0 Å². The number of hydrogen-bond donors (Lipinski definition) is 0. The summed E-state index contributed by atoms with van der Waals surface area (Å²) in [6.07, 6.45) is 23.2. The average Bonchev–Trinajstić information content (AvgIpc) is 3.15. The molecule has 49 heavy (non-hydrogen) atoms. The van der Waals surface area contributed by atoms with Crippen molar-refractivity contribution < 1.29 is 0 Å². The van der Waals surface area contributed by atoms with E-state index in [-0.39, 0.29) is 0 Å². The first-order chi connectivity index (χ1) is 24.3. The Bertz CT molecular complexity index is 1490. The van der Waals surface area contributed by atoms with Crippen molar-refractivity contribution in [3.8, 4) is 0 Å². The molecule has 0 bridgehead atoms. The number of para-hydroxylation sites is 2. The largest absolute Gasteiger partial charge is 0.336 e. The summed E-state index contributed by atoms with van der Waals surface area (Å²) in [4.78, 5) is 16.0. The van der Waals surface area contributed by atoms with Crippen LogP contribution in [0.15, 0.2) is 58.3 Å². The zero-order valence-corrected chi connectivity index (χ0v) is 31.5. The molecule has 2 aromatic rings. The van der Waals surface area contributed by atoms with Crippen molar-refractivity contribution in [2.75, 3.05) is 4.90 Å². The third kappa shape index (κ3) is 4.44. The van der Waals surface area contributed by atoms with Gasteiger partial charge >= 0.3 is 0 Å². The first kappa shape index (κ1) is 30.6. The molecule has 5 saturated carbocycles. The zero-order chi connectivity index (χ0) is 31.8. The van der Waals surface area contributed by atoms with Crippen LogP contribution < -0.4 is 4.90 Å². The predicted octanol–water partition coefficient (Wildman–Crippen LogP) is 9.19. The van der Waals surface area contributed by atoms with Gasteiger partial charge in [0.1, 0.15) is 0 Å². The summed E-state index contributed by atoms with van der Waals surface area (Å²) in [5, 5.41) is 3.45. The molecule has 0 spiro atoms. The van der Waals surface area contributed by atoms with Crippen LogP contribution in [-0.2, 0) is 0 Å². The van der Waals surface area contributed by atoms with Crippen LogP contribution in [0.4, 0.5) is 11.4 Å². The lowest BCUT2D eigenvalue weighted by Crippen LogP contribution is -2.87. The molecule has 5 aliphatic heterocycles. The molecule has 5 aliphatic carbocycles. The number of thioether (sulfide) groups is 2. The number of benzene rings is 2. The molecular weight excluding hydrogens is 657 g/mol. The molecular formula is C42H54N4S3. The van der Waals surface area contributed by atoms with E-state index in [1.165, 1.54) is 124 Å². The first-order valence-electron chi connectivity index (χ1n) is 20.6. The van der Waals surface area contributed by atoms with Gasteiger partial charge < -0.3 is 4.90 Å². The van der Waals surface area contributed by atoms with Crippen LogP contribution >= 0.6 is 35.3 Å². The van der Waals surface area contributed by atoms with Gasteiger partial charge in [-0.15, -0.1) is 0 Å². The van der Waals surface area contributed by atoms with Crippen molar-refractivity contribution in [1.82, 2.24) is 14.7 Å². The molecule has 12 rings (SSSR count). The van der Waals surface area contributed by atoms with E-state index in [0.717, 1.165) is 63.3 Å². The Balaban J connectivity index is 1.04. The highest BCUT2D eigenvalue weighted by molar-refractivity contribution is 8.01. The molecule has 9 fully saturated rings. The van der Waals surface area contributed by atoms with Gasteiger partial charge in [0.05, 0.1) is 11.4 Å². The van der Waals surface area contributed by atoms with Gasteiger partial charge in [-0.1, -0.05) is 74.6 Å². The summed E-state index contributed by atoms with van der Waals surface area (Å²) in [5.41, 5.74) is 2.96. The Morgan fingerprint density at radius 2 is 0.878 bits per heavy atom. The minimum Gasteiger partial charge on any atom is -0.336 e. The second kappa shape index (κ2) is 11.8. The van der Waals surface area contributed by atoms with Crippen LogP contribution in [0.25, 0.3) is 0 Å². The highest BCUT2D eigenvalue weighted by Crippen LogP contribution is 2.60. The second-order valence-corrected chi connectivity index (χ2v) is 21.7. The summed E-state index contributed by atoms with van der Waals surface area (Å²) in [5.74, 6) is 0. The maximum Gasteiger partial charge on any atom is 0.0555 e. The van der Waals surface area contributed by atoms with Crippen molar-refractivity contribution in [1.29, 1.82) is 0 Å². The third-order valence-corrected chi connectivity index (χ3v) is 20.2.